The third-order valence-electron chi connectivity index (χ3n) is 7.08. The van der Waals surface area contributed by atoms with Crippen molar-refractivity contribution in [3.05, 3.63) is 59.7 Å². The Bertz CT molecular complexity index is 995. The standard InChI is InChI=1S/C26H32N2O5/c1-32-19-11-12-22(33-2)20(16-19)24-21-10-6-7-13-26(21,31)14-15-28(24)23(29)17-27-25(30)18-8-4-3-5-9-18/h3-5,8-9,11-12,16,21,24,31H,6-7,10,13-15,17H2,1-2H3,(H,27,30)/t21-,24-,26+/m1/s1. The molecule has 4 rings (SSSR count). The molecule has 1 saturated carbocycles. The Balaban J connectivity index is 1.63. The van der Waals surface area contributed by atoms with E-state index in [1.807, 2.05) is 24.3 Å². The van der Waals surface area contributed by atoms with Crippen molar-refractivity contribution in [2.24, 2.45) is 5.92 Å². The summed E-state index contributed by atoms with van der Waals surface area (Å²) in [6.07, 6.45) is 4.06. The average Bonchev–Trinajstić information content (AvgIpc) is 2.86. The Kier molecular flexibility index (Phi) is 6.88. The number of carbonyl (C=O) groups is 2. The number of nitrogens with one attached hydrogen (secondary N) is 1. The number of likely N-dealkylation sites (tertiary alicyclic amines) is 1. The van der Waals surface area contributed by atoms with Crippen molar-refractivity contribution in [1.82, 2.24) is 10.2 Å². The van der Waals surface area contributed by atoms with Crippen LogP contribution in [0.15, 0.2) is 48.5 Å². The van der Waals surface area contributed by atoms with Gasteiger partial charge in [0.1, 0.15) is 11.5 Å². The smallest absolute Gasteiger partial charge is 0.251 e. The van der Waals surface area contributed by atoms with E-state index in [0.29, 0.717) is 30.0 Å². The predicted molar refractivity (Wildman–Crippen MR) is 124 cm³/mol. The molecule has 0 spiro atoms. The van der Waals surface area contributed by atoms with E-state index in [1.165, 1.54) is 0 Å². The van der Waals surface area contributed by atoms with Crippen LogP contribution >= 0.6 is 0 Å². The van der Waals surface area contributed by atoms with Crippen LogP contribution in [0.25, 0.3) is 0 Å². The molecular formula is C26H32N2O5. The van der Waals surface area contributed by atoms with Gasteiger partial charge in [-0.3, -0.25) is 9.59 Å². The lowest BCUT2D eigenvalue weighted by atomic mass is 9.66. The van der Waals surface area contributed by atoms with Crippen LogP contribution in [0.4, 0.5) is 0 Å². The zero-order valence-electron chi connectivity index (χ0n) is 19.3. The van der Waals surface area contributed by atoms with Crippen molar-refractivity contribution >= 4 is 11.8 Å². The summed E-state index contributed by atoms with van der Waals surface area (Å²) < 4.78 is 11.1. The van der Waals surface area contributed by atoms with Crippen LogP contribution in [0.3, 0.4) is 0 Å². The van der Waals surface area contributed by atoms with Crippen LogP contribution in [-0.4, -0.2) is 54.7 Å². The van der Waals surface area contributed by atoms with Crippen LogP contribution in [-0.2, 0) is 4.79 Å². The highest BCUT2D eigenvalue weighted by molar-refractivity contribution is 5.96. The highest BCUT2D eigenvalue weighted by atomic mass is 16.5. The van der Waals surface area contributed by atoms with E-state index in [1.54, 1.807) is 43.4 Å². The number of benzene rings is 2. The van der Waals surface area contributed by atoms with Crippen molar-refractivity contribution < 1.29 is 24.2 Å². The monoisotopic (exact) mass is 452 g/mol. The highest BCUT2D eigenvalue weighted by Gasteiger charge is 2.50. The minimum absolute atomic E-state index is 0.109. The van der Waals surface area contributed by atoms with Gasteiger partial charge in [0, 0.05) is 23.6 Å². The van der Waals surface area contributed by atoms with E-state index >= 15 is 0 Å². The van der Waals surface area contributed by atoms with Crippen molar-refractivity contribution in [3.63, 3.8) is 0 Å². The first kappa shape index (κ1) is 23.1. The largest absolute Gasteiger partial charge is 0.497 e. The van der Waals surface area contributed by atoms with E-state index in [0.717, 1.165) is 31.2 Å². The fourth-order valence-electron chi connectivity index (χ4n) is 5.37. The molecule has 2 aliphatic rings. The molecule has 2 N–H and O–H groups in total. The maximum absolute atomic E-state index is 13.4. The molecule has 3 atom stereocenters. The topological polar surface area (TPSA) is 88.1 Å². The number of hydrogen-bond acceptors (Lipinski definition) is 5. The molecule has 0 unspecified atom stereocenters. The zero-order valence-corrected chi connectivity index (χ0v) is 19.3. The first-order chi connectivity index (χ1) is 16.0. The molecule has 7 heteroatoms. The average molecular weight is 453 g/mol. The molecule has 1 saturated heterocycles. The molecule has 2 amide bonds. The Labute approximate surface area is 194 Å². The molecule has 7 nitrogen and oxygen atoms in total. The number of rotatable bonds is 6. The Morgan fingerprint density at radius 3 is 2.61 bits per heavy atom. The summed E-state index contributed by atoms with van der Waals surface area (Å²) >= 11 is 0. The van der Waals surface area contributed by atoms with Crippen molar-refractivity contribution in [2.45, 2.75) is 43.7 Å². The number of piperidine rings is 1. The van der Waals surface area contributed by atoms with Gasteiger partial charge in [-0.05, 0) is 49.6 Å². The third-order valence-corrected chi connectivity index (χ3v) is 7.08. The van der Waals surface area contributed by atoms with Crippen LogP contribution in [0.1, 0.15) is 54.1 Å². The molecule has 2 aromatic rings. The summed E-state index contributed by atoms with van der Waals surface area (Å²) in [5.74, 6) is 0.740. The molecule has 1 aliphatic heterocycles. The molecule has 0 aromatic heterocycles. The Morgan fingerprint density at radius 2 is 1.88 bits per heavy atom. The van der Waals surface area contributed by atoms with Crippen LogP contribution in [0.2, 0.25) is 0 Å². The fraction of sp³-hybridized carbons (Fsp3) is 0.462. The van der Waals surface area contributed by atoms with Crippen LogP contribution in [0, 0.1) is 5.92 Å². The summed E-state index contributed by atoms with van der Waals surface area (Å²) in [6.45, 7) is 0.305. The number of carbonyl (C=O) groups excluding carboxylic acids is 2. The van der Waals surface area contributed by atoms with Crippen LogP contribution < -0.4 is 14.8 Å². The normalized spacial score (nSPS) is 24.5. The molecule has 1 heterocycles. The second-order valence-electron chi connectivity index (χ2n) is 8.89. The fourth-order valence-corrected chi connectivity index (χ4v) is 5.37. The SMILES string of the molecule is COc1ccc(OC)c([C@@H]2[C@H]3CCCC[C@]3(O)CCN2C(=O)CNC(=O)c2ccccc2)c1. The lowest BCUT2D eigenvalue weighted by Crippen LogP contribution is -2.57. The highest BCUT2D eigenvalue weighted by Crippen LogP contribution is 2.51. The van der Waals surface area contributed by atoms with Gasteiger partial charge < -0.3 is 24.8 Å². The predicted octanol–water partition coefficient (Wildman–Crippen LogP) is 3.33. The number of ether oxygens (including phenoxy) is 2. The number of nitrogens with zero attached hydrogens (tertiary/aromatic N) is 1. The third kappa shape index (κ3) is 4.69. The number of fused-ring (bicyclic) bond motifs is 1. The lowest BCUT2D eigenvalue weighted by molar-refractivity contribution is -0.154. The lowest BCUT2D eigenvalue weighted by Gasteiger charge is -2.52. The summed E-state index contributed by atoms with van der Waals surface area (Å²) in [5, 5.41) is 14.3. The van der Waals surface area contributed by atoms with Gasteiger partial charge in [-0.25, -0.2) is 0 Å². The maximum atomic E-state index is 13.4. The molecular weight excluding hydrogens is 420 g/mol. The van der Waals surface area contributed by atoms with E-state index in [4.69, 9.17) is 9.47 Å². The Morgan fingerprint density at radius 1 is 1.09 bits per heavy atom. The summed E-state index contributed by atoms with van der Waals surface area (Å²) in [6, 6.07) is 14.0. The number of amides is 2. The van der Waals surface area contributed by atoms with E-state index in [2.05, 4.69) is 5.32 Å². The second-order valence-corrected chi connectivity index (χ2v) is 8.89. The van der Waals surface area contributed by atoms with Gasteiger partial charge in [-0.15, -0.1) is 0 Å². The van der Waals surface area contributed by atoms with E-state index < -0.39 is 5.60 Å². The first-order valence-corrected chi connectivity index (χ1v) is 11.5. The zero-order chi connectivity index (χ0) is 23.4. The van der Waals surface area contributed by atoms with E-state index in [-0.39, 0.29) is 30.3 Å². The van der Waals surface area contributed by atoms with Gasteiger partial charge in [0.15, 0.2) is 0 Å². The van der Waals surface area contributed by atoms with Gasteiger partial charge in [0.05, 0.1) is 32.4 Å². The van der Waals surface area contributed by atoms with Crippen LogP contribution in [0.5, 0.6) is 11.5 Å². The van der Waals surface area contributed by atoms with Gasteiger partial charge in [0.25, 0.3) is 5.91 Å². The van der Waals surface area contributed by atoms with Gasteiger partial charge in [-0.2, -0.15) is 0 Å². The van der Waals surface area contributed by atoms with Crippen molar-refractivity contribution in [2.75, 3.05) is 27.3 Å². The van der Waals surface area contributed by atoms with E-state index in [9.17, 15) is 14.7 Å². The van der Waals surface area contributed by atoms with Gasteiger partial charge in [0.2, 0.25) is 5.91 Å². The molecule has 0 radical (unpaired) electrons. The first-order valence-electron chi connectivity index (χ1n) is 11.5. The molecule has 0 bridgehead atoms. The second kappa shape index (κ2) is 9.83. The van der Waals surface area contributed by atoms with Gasteiger partial charge in [-0.1, -0.05) is 31.0 Å². The molecule has 33 heavy (non-hydrogen) atoms. The summed E-state index contributed by atoms with van der Waals surface area (Å²) in [5.41, 5.74) is 0.516. The van der Waals surface area contributed by atoms with Crippen molar-refractivity contribution in [1.29, 1.82) is 0 Å². The van der Waals surface area contributed by atoms with Crippen molar-refractivity contribution in [3.8, 4) is 11.5 Å². The summed E-state index contributed by atoms with van der Waals surface area (Å²) in [4.78, 5) is 27.7. The minimum Gasteiger partial charge on any atom is -0.497 e. The maximum Gasteiger partial charge on any atom is 0.251 e. The van der Waals surface area contributed by atoms with Gasteiger partial charge >= 0.3 is 0 Å². The molecule has 176 valence electrons. The minimum atomic E-state index is -0.818. The molecule has 1 aliphatic carbocycles. The quantitative estimate of drug-likeness (QED) is 0.702. The number of hydrogen-bond donors (Lipinski definition) is 2. The Hall–Kier alpha value is -3.06. The number of aliphatic hydroxyl groups is 1. The summed E-state index contributed by atoms with van der Waals surface area (Å²) in [7, 11) is 3.21. The molecule has 2 aromatic carbocycles. The molecule has 2 fully saturated rings. The number of methoxy groups -OCH3 is 2.